The van der Waals surface area contributed by atoms with E-state index in [9.17, 15) is 13.2 Å². The van der Waals surface area contributed by atoms with Crippen molar-refractivity contribution in [2.75, 3.05) is 6.54 Å². The number of halogens is 3. The Hall–Kier alpha value is -0.530. The highest BCUT2D eigenvalue weighted by Gasteiger charge is 2.32. The van der Waals surface area contributed by atoms with Crippen LogP contribution >= 0.6 is 34.8 Å². The lowest BCUT2D eigenvalue weighted by atomic mass is 10.1. The van der Waals surface area contributed by atoms with Gasteiger partial charge in [0.1, 0.15) is 4.90 Å². The van der Waals surface area contributed by atoms with Crippen molar-refractivity contribution >= 4 is 50.7 Å². The molecule has 9 heteroatoms. The quantitative estimate of drug-likeness (QED) is 0.812. The third-order valence-corrected chi connectivity index (χ3v) is 5.68. The Labute approximate surface area is 138 Å². The molecule has 0 spiro atoms. The molecule has 0 aromatic heterocycles. The van der Waals surface area contributed by atoms with Crippen molar-refractivity contribution < 1.29 is 13.2 Å². The molecule has 1 atom stereocenters. The number of carbonyl (C=O) groups is 1. The molecule has 0 bridgehead atoms. The van der Waals surface area contributed by atoms with Crippen molar-refractivity contribution in [1.29, 1.82) is 0 Å². The predicted octanol–water partition coefficient (Wildman–Crippen LogP) is 2.92. The molecule has 0 radical (unpaired) electrons. The summed E-state index contributed by atoms with van der Waals surface area (Å²) in [5.41, 5.74) is -0.122. The van der Waals surface area contributed by atoms with Crippen LogP contribution in [0.25, 0.3) is 0 Å². The summed E-state index contributed by atoms with van der Waals surface area (Å²) >= 11 is 18.0. The van der Waals surface area contributed by atoms with Gasteiger partial charge in [0.15, 0.2) is 0 Å². The maximum atomic E-state index is 12.6. The Morgan fingerprint density at radius 2 is 1.95 bits per heavy atom. The van der Waals surface area contributed by atoms with E-state index >= 15 is 0 Å². The summed E-state index contributed by atoms with van der Waals surface area (Å²) in [5, 5.41) is 4.64. The zero-order chi connectivity index (χ0) is 15.9. The van der Waals surface area contributed by atoms with Gasteiger partial charge in [0.25, 0.3) is 5.91 Å². The molecule has 1 saturated heterocycles. The normalized spacial score (nSPS) is 19.1. The van der Waals surface area contributed by atoms with E-state index in [2.05, 4.69) is 0 Å². The average molecular weight is 372 g/mol. The fourth-order valence-electron chi connectivity index (χ4n) is 2.35. The highest BCUT2D eigenvalue weighted by atomic mass is 35.5. The zero-order valence-electron chi connectivity index (χ0n) is 11.1. The maximum absolute atomic E-state index is 12.6. The van der Waals surface area contributed by atoms with Gasteiger partial charge in [-0.15, -0.1) is 0 Å². The van der Waals surface area contributed by atoms with Gasteiger partial charge in [0.05, 0.1) is 20.6 Å². The summed E-state index contributed by atoms with van der Waals surface area (Å²) < 4.78 is 23.1. The molecule has 1 aliphatic heterocycles. The lowest BCUT2D eigenvalue weighted by Gasteiger charge is -2.23. The van der Waals surface area contributed by atoms with Crippen molar-refractivity contribution in [3.8, 4) is 0 Å². The number of benzene rings is 1. The third-order valence-electron chi connectivity index (χ3n) is 3.46. The first-order valence-corrected chi connectivity index (χ1v) is 8.84. The standard InChI is InChI=1S/C12H13Cl3N2O3S/c1-6-3-2-4-17(6)12(18)9-10(14)7(13)5-8(11(9)15)21(16,19)20/h5-6H,2-4H2,1H3,(H2,16,19,20). The first-order chi connectivity index (χ1) is 9.64. The van der Waals surface area contributed by atoms with Gasteiger partial charge >= 0.3 is 0 Å². The number of rotatable bonds is 2. The Morgan fingerprint density at radius 1 is 1.33 bits per heavy atom. The highest BCUT2D eigenvalue weighted by molar-refractivity contribution is 7.89. The number of nitrogens with zero attached hydrogens (tertiary/aromatic N) is 1. The highest BCUT2D eigenvalue weighted by Crippen LogP contribution is 2.38. The largest absolute Gasteiger partial charge is 0.336 e. The summed E-state index contributed by atoms with van der Waals surface area (Å²) in [6, 6.07) is 1.08. The number of hydrogen-bond acceptors (Lipinski definition) is 3. The fraction of sp³-hybridized carbons (Fsp3) is 0.417. The van der Waals surface area contributed by atoms with E-state index in [0.29, 0.717) is 6.54 Å². The smallest absolute Gasteiger partial charge is 0.257 e. The van der Waals surface area contributed by atoms with Crippen molar-refractivity contribution in [3.05, 3.63) is 26.7 Å². The number of hydrogen-bond donors (Lipinski definition) is 1. The minimum atomic E-state index is -4.11. The van der Waals surface area contributed by atoms with Crippen molar-refractivity contribution in [1.82, 2.24) is 4.90 Å². The number of nitrogens with two attached hydrogens (primary N) is 1. The van der Waals surface area contributed by atoms with Gasteiger partial charge < -0.3 is 4.90 Å². The second kappa shape index (κ2) is 5.93. The molecule has 2 rings (SSSR count). The topological polar surface area (TPSA) is 80.5 Å². The van der Waals surface area contributed by atoms with Crippen LogP contribution in [0.15, 0.2) is 11.0 Å². The number of likely N-dealkylation sites (tertiary alicyclic amines) is 1. The molecule has 0 aliphatic carbocycles. The van der Waals surface area contributed by atoms with Crippen molar-refractivity contribution in [3.63, 3.8) is 0 Å². The van der Waals surface area contributed by atoms with Crippen molar-refractivity contribution in [2.24, 2.45) is 5.14 Å². The minimum Gasteiger partial charge on any atom is -0.336 e. The van der Waals surface area contributed by atoms with Gasteiger partial charge in [0, 0.05) is 12.6 Å². The SMILES string of the molecule is CC1CCCN1C(=O)c1c(Cl)c(Cl)cc(S(N)(=O)=O)c1Cl. The molecule has 1 amide bonds. The average Bonchev–Trinajstić information content (AvgIpc) is 2.78. The molecule has 1 aromatic rings. The van der Waals surface area contributed by atoms with Crippen LogP contribution in [0, 0.1) is 0 Å². The molecule has 1 aliphatic rings. The van der Waals surface area contributed by atoms with Crippen LogP contribution in [-0.2, 0) is 10.0 Å². The fourth-order valence-corrected chi connectivity index (χ4v) is 4.09. The van der Waals surface area contributed by atoms with Gasteiger partial charge in [-0.05, 0) is 25.8 Å². The third kappa shape index (κ3) is 3.14. The second-order valence-corrected chi connectivity index (χ2v) is 7.59. The van der Waals surface area contributed by atoms with Gasteiger partial charge in [-0.1, -0.05) is 34.8 Å². The Balaban J connectivity index is 2.63. The number of carbonyl (C=O) groups excluding carboxylic acids is 1. The first-order valence-electron chi connectivity index (χ1n) is 6.16. The summed E-state index contributed by atoms with van der Waals surface area (Å²) in [5.74, 6) is -0.442. The summed E-state index contributed by atoms with van der Waals surface area (Å²) in [7, 11) is -4.11. The van der Waals surface area contributed by atoms with Crippen LogP contribution in [0.3, 0.4) is 0 Å². The maximum Gasteiger partial charge on any atom is 0.257 e. The van der Waals surface area contributed by atoms with E-state index in [-0.39, 0.29) is 26.7 Å². The second-order valence-electron chi connectivity index (χ2n) is 4.89. The molecule has 2 N–H and O–H groups in total. The molecule has 5 nitrogen and oxygen atoms in total. The van der Waals surface area contributed by atoms with E-state index in [1.165, 1.54) is 0 Å². The lowest BCUT2D eigenvalue weighted by Crippen LogP contribution is -2.34. The molecular formula is C12H13Cl3N2O3S. The molecule has 1 fully saturated rings. The monoisotopic (exact) mass is 370 g/mol. The Kier molecular flexibility index (Phi) is 4.75. The van der Waals surface area contributed by atoms with Crippen LogP contribution in [0.1, 0.15) is 30.1 Å². The van der Waals surface area contributed by atoms with E-state index < -0.39 is 20.8 Å². The van der Waals surface area contributed by atoms with Crippen LogP contribution in [-0.4, -0.2) is 31.8 Å². The number of amides is 1. The Bertz CT molecular complexity index is 706. The molecule has 1 heterocycles. The van der Waals surface area contributed by atoms with Gasteiger partial charge in [-0.25, -0.2) is 13.6 Å². The van der Waals surface area contributed by atoms with Gasteiger partial charge in [0.2, 0.25) is 10.0 Å². The van der Waals surface area contributed by atoms with E-state index in [1.807, 2.05) is 6.92 Å². The Morgan fingerprint density at radius 3 is 2.43 bits per heavy atom. The molecular weight excluding hydrogens is 359 g/mol. The van der Waals surface area contributed by atoms with Crippen LogP contribution in [0.2, 0.25) is 15.1 Å². The van der Waals surface area contributed by atoms with Gasteiger partial charge in [-0.2, -0.15) is 0 Å². The molecule has 0 saturated carbocycles. The van der Waals surface area contributed by atoms with Crippen molar-refractivity contribution in [2.45, 2.75) is 30.7 Å². The minimum absolute atomic E-state index is 0.0292. The summed E-state index contributed by atoms with van der Waals surface area (Å²) in [6.07, 6.45) is 1.73. The van der Waals surface area contributed by atoms with Crippen LogP contribution < -0.4 is 5.14 Å². The summed E-state index contributed by atoms with van der Waals surface area (Å²) in [4.78, 5) is 13.8. The number of sulfonamides is 1. The number of primary sulfonamides is 1. The molecule has 1 aromatic carbocycles. The molecule has 21 heavy (non-hydrogen) atoms. The van der Waals surface area contributed by atoms with Crippen LogP contribution in [0.5, 0.6) is 0 Å². The van der Waals surface area contributed by atoms with Crippen LogP contribution in [0.4, 0.5) is 0 Å². The van der Waals surface area contributed by atoms with E-state index in [4.69, 9.17) is 39.9 Å². The molecule has 116 valence electrons. The zero-order valence-corrected chi connectivity index (χ0v) is 14.2. The van der Waals surface area contributed by atoms with Gasteiger partial charge in [-0.3, -0.25) is 4.79 Å². The lowest BCUT2D eigenvalue weighted by molar-refractivity contribution is 0.0747. The predicted molar refractivity (Wildman–Crippen MR) is 82.6 cm³/mol. The van der Waals surface area contributed by atoms with E-state index in [0.717, 1.165) is 18.9 Å². The summed E-state index contributed by atoms with van der Waals surface area (Å²) in [6.45, 7) is 2.46. The first kappa shape index (κ1) is 16.8. The molecule has 1 unspecified atom stereocenters. The van der Waals surface area contributed by atoms with E-state index in [1.54, 1.807) is 4.90 Å².